The Balaban J connectivity index is 1.71. The first-order valence-corrected chi connectivity index (χ1v) is 7.27. The van der Waals surface area contributed by atoms with Crippen LogP contribution in [-0.4, -0.2) is 12.5 Å². The molecule has 0 saturated carbocycles. The number of hydrogen-bond acceptors (Lipinski definition) is 2. The second-order valence-corrected chi connectivity index (χ2v) is 5.21. The number of para-hydroxylation sites is 1. The summed E-state index contributed by atoms with van der Waals surface area (Å²) in [7, 11) is 0. The normalized spacial score (nSPS) is 10.2. The molecule has 4 heteroatoms. The van der Waals surface area contributed by atoms with E-state index in [1.807, 2.05) is 37.3 Å². The van der Waals surface area contributed by atoms with E-state index in [4.69, 9.17) is 16.3 Å². The lowest BCUT2D eigenvalue weighted by Crippen LogP contribution is -2.12. The predicted molar refractivity (Wildman–Crippen MR) is 86.0 cm³/mol. The summed E-state index contributed by atoms with van der Waals surface area (Å²) in [6, 6.07) is 15.0. The fourth-order valence-corrected chi connectivity index (χ4v) is 2.11. The number of amides is 1. The van der Waals surface area contributed by atoms with E-state index < -0.39 is 0 Å². The number of carbonyl (C=O) groups is 1. The molecule has 110 valence electrons. The second kappa shape index (κ2) is 7.70. The van der Waals surface area contributed by atoms with Gasteiger partial charge in [0.25, 0.3) is 0 Å². The van der Waals surface area contributed by atoms with Crippen molar-refractivity contribution in [2.45, 2.75) is 19.8 Å². The minimum absolute atomic E-state index is 0.0364. The van der Waals surface area contributed by atoms with Crippen molar-refractivity contribution < 1.29 is 9.53 Å². The molecule has 0 unspecified atom stereocenters. The molecule has 0 radical (unpaired) electrons. The molecule has 1 N–H and O–H groups in total. The molecule has 0 atom stereocenters. The van der Waals surface area contributed by atoms with Gasteiger partial charge < -0.3 is 10.1 Å². The highest BCUT2D eigenvalue weighted by Crippen LogP contribution is 2.17. The van der Waals surface area contributed by atoms with Crippen LogP contribution in [0.2, 0.25) is 5.02 Å². The summed E-state index contributed by atoms with van der Waals surface area (Å²) in [4.78, 5) is 11.8. The molecule has 2 aromatic carbocycles. The van der Waals surface area contributed by atoms with Crippen LogP contribution in [0.15, 0.2) is 48.5 Å². The lowest BCUT2D eigenvalue weighted by molar-refractivity contribution is -0.116. The SMILES string of the molecule is Cc1ccccc1OCCCC(=O)Nc1cccc(Cl)c1. The van der Waals surface area contributed by atoms with Crippen molar-refractivity contribution in [3.8, 4) is 5.75 Å². The molecule has 0 saturated heterocycles. The van der Waals surface area contributed by atoms with Crippen LogP contribution in [0, 0.1) is 6.92 Å². The zero-order valence-electron chi connectivity index (χ0n) is 11.9. The predicted octanol–water partition coefficient (Wildman–Crippen LogP) is 4.45. The Labute approximate surface area is 129 Å². The molecule has 0 aliphatic carbocycles. The number of ether oxygens (including phenoxy) is 1. The van der Waals surface area contributed by atoms with Crippen molar-refractivity contribution in [2.75, 3.05) is 11.9 Å². The molecule has 21 heavy (non-hydrogen) atoms. The van der Waals surface area contributed by atoms with Gasteiger partial charge in [0, 0.05) is 17.1 Å². The van der Waals surface area contributed by atoms with Crippen LogP contribution in [0.1, 0.15) is 18.4 Å². The molecule has 2 aromatic rings. The number of rotatable bonds is 6. The third kappa shape index (κ3) is 5.12. The lowest BCUT2D eigenvalue weighted by atomic mass is 10.2. The number of hydrogen-bond donors (Lipinski definition) is 1. The van der Waals surface area contributed by atoms with Gasteiger partial charge in [-0.15, -0.1) is 0 Å². The van der Waals surface area contributed by atoms with E-state index >= 15 is 0 Å². The van der Waals surface area contributed by atoms with E-state index in [1.54, 1.807) is 18.2 Å². The van der Waals surface area contributed by atoms with Gasteiger partial charge in [-0.2, -0.15) is 0 Å². The summed E-state index contributed by atoms with van der Waals surface area (Å²) in [6.45, 7) is 2.52. The Hall–Kier alpha value is -2.00. The molecule has 0 heterocycles. The smallest absolute Gasteiger partial charge is 0.224 e. The minimum atomic E-state index is -0.0364. The molecule has 0 spiro atoms. The summed E-state index contributed by atoms with van der Waals surface area (Å²) < 4.78 is 5.66. The Morgan fingerprint density at radius 1 is 1.19 bits per heavy atom. The standard InChI is InChI=1S/C17H18ClNO2/c1-13-6-2-3-9-16(13)21-11-5-10-17(20)19-15-8-4-7-14(18)12-15/h2-4,6-9,12H,5,10-11H2,1H3,(H,19,20). The number of benzene rings is 2. The molecule has 2 rings (SSSR count). The molecule has 0 aliphatic heterocycles. The zero-order valence-corrected chi connectivity index (χ0v) is 12.7. The van der Waals surface area contributed by atoms with E-state index in [0.29, 0.717) is 30.2 Å². The van der Waals surface area contributed by atoms with Crippen molar-refractivity contribution in [2.24, 2.45) is 0 Å². The maximum atomic E-state index is 11.8. The summed E-state index contributed by atoms with van der Waals surface area (Å²) in [5, 5.41) is 3.42. The number of halogens is 1. The van der Waals surface area contributed by atoms with Crippen molar-refractivity contribution >= 4 is 23.2 Å². The van der Waals surface area contributed by atoms with Gasteiger partial charge in [-0.3, -0.25) is 4.79 Å². The number of carbonyl (C=O) groups excluding carboxylic acids is 1. The number of nitrogens with one attached hydrogen (secondary N) is 1. The zero-order chi connectivity index (χ0) is 15.1. The average Bonchev–Trinajstić information content (AvgIpc) is 2.45. The van der Waals surface area contributed by atoms with Crippen LogP contribution < -0.4 is 10.1 Å². The van der Waals surface area contributed by atoms with Crippen molar-refractivity contribution in [1.29, 1.82) is 0 Å². The molecule has 1 amide bonds. The first-order valence-electron chi connectivity index (χ1n) is 6.89. The summed E-state index contributed by atoms with van der Waals surface area (Å²) in [5.41, 5.74) is 1.81. The molecule has 3 nitrogen and oxygen atoms in total. The van der Waals surface area contributed by atoms with Crippen LogP contribution in [0.4, 0.5) is 5.69 Å². The fourth-order valence-electron chi connectivity index (χ4n) is 1.92. The molecular formula is C17H18ClNO2. The van der Waals surface area contributed by atoms with Crippen LogP contribution in [0.5, 0.6) is 5.75 Å². The monoisotopic (exact) mass is 303 g/mol. The van der Waals surface area contributed by atoms with Crippen molar-refractivity contribution in [3.63, 3.8) is 0 Å². The maximum Gasteiger partial charge on any atom is 0.224 e. The molecule has 0 aliphatic rings. The third-order valence-corrected chi connectivity index (χ3v) is 3.24. The van der Waals surface area contributed by atoms with E-state index in [9.17, 15) is 4.79 Å². The van der Waals surface area contributed by atoms with Gasteiger partial charge in [0.15, 0.2) is 0 Å². The van der Waals surface area contributed by atoms with E-state index in [2.05, 4.69) is 5.32 Å². The van der Waals surface area contributed by atoms with Crippen LogP contribution >= 0.6 is 11.6 Å². The van der Waals surface area contributed by atoms with Gasteiger partial charge in [-0.25, -0.2) is 0 Å². The summed E-state index contributed by atoms with van der Waals surface area (Å²) >= 11 is 5.87. The maximum absolute atomic E-state index is 11.8. The highest BCUT2D eigenvalue weighted by Gasteiger charge is 2.03. The minimum Gasteiger partial charge on any atom is -0.493 e. The Bertz CT molecular complexity index is 613. The number of aryl methyl sites for hydroxylation is 1. The van der Waals surface area contributed by atoms with E-state index in [-0.39, 0.29) is 5.91 Å². The van der Waals surface area contributed by atoms with E-state index in [0.717, 1.165) is 11.3 Å². The van der Waals surface area contributed by atoms with Gasteiger partial charge in [0.05, 0.1) is 6.61 Å². The van der Waals surface area contributed by atoms with Crippen molar-refractivity contribution in [3.05, 3.63) is 59.1 Å². The van der Waals surface area contributed by atoms with Gasteiger partial charge in [-0.05, 0) is 43.2 Å². The Kier molecular flexibility index (Phi) is 5.64. The van der Waals surface area contributed by atoms with Crippen molar-refractivity contribution in [1.82, 2.24) is 0 Å². The first kappa shape index (κ1) is 15.4. The lowest BCUT2D eigenvalue weighted by Gasteiger charge is -2.09. The molecule has 0 bridgehead atoms. The van der Waals surface area contributed by atoms with Crippen LogP contribution in [-0.2, 0) is 4.79 Å². The summed E-state index contributed by atoms with van der Waals surface area (Å²) in [5.74, 6) is 0.832. The van der Waals surface area contributed by atoms with Gasteiger partial charge in [-0.1, -0.05) is 35.9 Å². The van der Waals surface area contributed by atoms with E-state index in [1.165, 1.54) is 0 Å². The topological polar surface area (TPSA) is 38.3 Å². The quantitative estimate of drug-likeness (QED) is 0.801. The average molecular weight is 304 g/mol. The largest absolute Gasteiger partial charge is 0.493 e. The second-order valence-electron chi connectivity index (χ2n) is 4.78. The van der Waals surface area contributed by atoms with Crippen LogP contribution in [0.3, 0.4) is 0 Å². The molecule has 0 fully saturated rings. The van der Waals surface area contributed by atoms with Gasteiger partial charge in [0.1, 0.15) is 5.75 Å². The Morgan fingerprint density at radius 3 is 2.76 bits per heavy atom. The highest BCUT2D eigenvalue weighted by molar-refractivity contribution is 6.30. The summed E-state index contributed by atoms with van der Waals surface area (Å²) in [6.07, 6.45) is 1.08. The number of anilines is 1. The molecular weight excluding hydrogens is 286 g/mol. The highest BCUT2D eigenvalue weighted by atomic mass is 35.5. The Morgan fingerprint density at radius 2 is 2.00 bits per heavy atom. The van der Waals surface area contributed by atoms with Gasteiger partial charge in [0.2, 0.25) is 5.91 Å². The third-order valence-electron chi connectivity index (χ3n) is 3.01. The van der Waals surface area contributed by atoms with Crippen LogP contribution in [0.25, 0.3) is 0 Å². The molecule has 0 aromatic heterocycles. The first-order chi connectivity index (χ1) is 10.1. The van der Waals surface area contributed by atoms with Gasteiger partial charge >= 0.3 is 0 Å². The fraction of sp³-hybridized carbons (Fsp3) is 0.235.